The lowest BCUT2D eigenvalue weighted by Gasteiger charge is -2.31. The monoisotopic (exact) mass is 813 g/mol. The molecule has 1 N–H and O–H groups in total. The molecular weight excluding hydrogens is 727 g/mol. The van der Waals surface area contributed by atoms with Crippen LogP contribution < -0.4 is 0 Å². The Labute approximate surface area is 355 Å². The van der Waals surface area contributed by atoms with Crippen molar-refractivity contribution in [1.82, 2.24) is 0 Å². The van der Waals surface area contributed by atoms with E-state index in [-0.39, 0.29) is 36.2 Å². The van der Waals surface area contributed by atoms with E-state index in [0.717, 1.165) is 96.3 Å². The third-order valence-electron chi connectivity index (χ3n) is 9.90. The van der Waals surface area contributed by atoms with Crippen LogP contribution in [0.4, 0.5) is 0 Å². The first-order chi connectivity index (χ1) is 28.1. The van der Waals surface area contributed by atoms with Crippen molar-refractivity contribution in [3.63, 3.8) is 0 Å². The van der Waals surface area contributed by atoms with Gasteiger partial charge in [0.15, 0.2) is 12.1 Å². The Morgan fingerprint density at radius 3 is 1.57 bits per heavy atom. The fourth-order valence-electron chi connectivity index (χ4n) is 6.34. The van der Waals surface area contributed by atoms with Crippen LogP contribution in [0, 0.1) is 0 Å². The summed E-state index contributed by atoms with van der Waals surface area (Å²) in [6.07, 6.45) is 50.8. The van der Waals surface area contributed by atoms with Gasteiger partial charge in [-0.3, -0.25) is 9.59 Å². The Bertz CT molecular complexity index is 1180. The number of carbonyl (C=O) groups excluding carboxylic acids is 2. The molecule has 58 heavy (non-hydrogen) atoms. The van der Waals surface area contributed by atoms with Gasteiger partial charge in [-0.2, -0.15) is 0 Å². The molecule has 0 aliphatic rings. The first kappa shape index (κ1) is 54.8. The lowest BCUT2D eigenvalue weighted by Crippen LogP contribution is -2.50. The molecule has 0 rings (SSSR count). The number of ether oxygens (including phenoxy) is 3. The average molecular weight is 813 g/mol. The molecule has 0 aliphatic heterocycles. The van der Waals surface area contributed by atoms with Crippen molar-refractivity contribution in [1.29, 1.82) is 0 Å². The van der Waals surface area contributed by atoms with Crippen molar-refractivity contribution >= 4 is 17.9 Å². The molecule has 0 radical (unpaired) electrons. The summed E-state index contributed by atoms with van der Waals surface area (Å²) in [6.45, 7) is 4.56. The lowest BCUT2D eigenvalue weighted by atomic mass is 10.1. The molecule has 0 bridgehead atoms. The Hall–Kier alpha value is -3.23. The zero-order valence-electron chi connectivity index (χ0n) is 37.7. The minimum absolute atomic E-state index is 0.0453. The van der Waals surface area contributed by atoms with E-state index in [1.165, 1.54) is 44.9 Å². The number of nitrogens with zero attached hydrogens (tertiary/aromatic N) is 1. The summed E-state index contributed by atoms with van der Waals surface area (Å²) in [5.41, 5.74) is 0. The predicted molar refractivity (Wildman–Crippen MR) is 243 cm³/mol. The van der Waals surface area contributed by atoms with Gasteiger partial charge >= 0.3 is 17.9 Å². The summed E-state index contributed by atoms with van der Waals surface area (Å²) in [5, 5.41) is 9.63. The molecule has 2 atom stereocenters. The van der Waals surface area contributed by atoms with Gasteiger partial charge in [0.05, 0.1) is 34.4 Å². The molecule has 332 valence electrons. The fraction of sp³-hybridized carbons (Fsp3) is 0.700. The summed E-state index contributed by atoms with van der Waals surface area (Å²) >= 11 is 0. The normalized spacial score (nSPS) is 13.6. The van der Waals surface area contributed by atoms with Crippen LogP contribution in [0.3, 0.4) is 0 Å². The minimum atomic E-state index is -0.883. The highest BCUT2D eigenvalue weighted by Gasteiger charge is 2.31. The highest BCUT2D eigenvalue weighted by atomic mass is 16.6. The minimum Gasteiger partial charge on any atom is -0.477 e. The Kier molecular flexibility index (Phi) is 38.3. The van der Waals surface area contributed by atoms with E-state index in [0.29, 0.717) is 19.3 Å². The summed E-state index contributed by atoms with van der Waals surface area (Å²) in [4.78, 5) is 37.0. The van der Waals surface area contributed by atoms with E-state index in [9.17, 15) is 19.5 Å². The van der Waals surface area contributed by atoms with Gasteiger partial charge in [-0.25, -0.2) is 4.79 Å². The molecule has 2 unspecified atom stereocenters. The van der Waals surface area contributed by atoms with E-state index < -0.39 is 18.1 Å². The predicted octanol–water partition coefficient (Wildman–Crippen LogP) is 12.7. The molecule has 0 saturated heterocycles. The number of likely N-dealkylation sites (N-methyl/N-ethyl adjacent to an activating group) is 1. The first-order valence-electron chi connectivity index (χ1n) is 23.0. The summed E-state index contributed by atoms with van der Waals surface area (Å²) in [5.74, 6) is -1.52. The van der Waals surface area contributed by atoms with Crippen LogP contribution in [0.2, 0.25) is 0 Å². The number of quaternary nitrogens is 1. The van der Waals surface area contributed by atoms with E-state index in [1.54, 1.807) is 0 Å². The average Bonchev–Trinajstić information content (AvgIpc) is 3.18. The summed E-state index contributed by atoms with van der Waals surface area (Å²) in [6, 6.07) is -0.624. The van der Waals surface area contributed by atoms with Crippen LogP contribution in [-0.2, 0) is 28.6 Å². The fourth-order valence-corrected chi connectivity index (χ4v) is 6.34. The topological polar surface area (TPSA) is 99.1 Å². The van der Waals surface area contributed by atoms with E-state index in [2.05, 4.69) is 86.8 Å². The second-order valence-electron chi connectivity index (χ2n) is 16.3. The van der Waals surface area contributed by atoms with Crippen LogP contribution in [0.15, 0.2) is 72.9 Å². The number of carboxylic acid groups (broad SMARTS) is 1. The summed E-state index contributed by atoms with van der Waals surface area (Å²) in [7, 11) is 5.51. The molecule has 0 fully saturated rings. The SMILES string of the molecule is CC/C=C/C/C=C/C/C=C/CCCCCCCCC(=O)OC(COCCC(C(=O)O)[N+](C)(C)C)COC(=O)CCCCCCC/C=C/C=C/C=C/CCCCCCC. The maximum Gasteiger partial charge on any atom is 0.362 e. The highest BCUT2D eigenvalue weighted by Crippen LogP contribution is 2.13. The van der Waals surface area contributed by atoms with Crippen LogP contribution >= 0.6 is 0 Å². The number of esters is 2. The molecule has 0 saturated carbocycles. The Morgan fingerprint density at radius 1 is 0.552 bits per heavy atom. The first-order valence-corrected chi connectivity index (χ1v) is 23.0. The number of unbranched alkanes of at least 4 members (excludes halogenated alkanes) is 16. The molecule has 0 spiro atoms. The van der Waals surface area contributed by atoms with Crippen LogP contribution in [0.25, 0.3) is 0 Å². The number of hydrogen-bond donors (Lipinski definition) is 1. The molecule has 0 heterocycles. The molecule has 0 aromatic rings. The van der Waals surface area contributed by atoms with Crippen molar-refractivity contribution in [2.45, 2.75) is 187 Å². The van der Waals surface area contributed by atoms with Gasteiger partial charge in [-0.05, 0) is 70.6 Å². The smallest absolute Gasteiger partial charge is 0.362 e. The summed E-state index contributed by atoms with van der Waals surface area (Å²) < 4.78 is 17.3. The number of rotatable bonds is 40. The molecule has 0 aliphatic carbocycles. The molecule has 8 nitrogen and oxygen atoms in total. The van der Waals surface area contributed by atoms with E-state index >= 15 is 0 Å². The van der Waals surface area contributed by atoms with E-state index in [4.69, 9.17) is 14.2 Å². The highest BCUT2D eigenvalue weighted by molar-refractivity contribution is 5.72. The third kappa shape index (κ3) is 38.3. The largest absolute Gasteiger partial charge is 0.477 e. The second kappa shape index (κ2) is 40.5. The van der Waals surface area contributed by atoms with Gasteiger partial charge in [0.25, 0.3) is 0 Å². The maximum absolute atomic E-state index is 12.7. The number of carboxylic acids is 1. The van der Waals surface area contributed by atoms with Gasteiger partial charge in [-0.15, -0.1) is 0 Å². The molecule has 8 heteroatoms. The van der Waals surface area contributed by atoms with Crippen LogP contribution in [-0.4, -0.2) is 80.6 Å². The Balaban J connectivity index is 4.40. The quantitative estimate of drug-likeness (QED) is 0.0216. The van der Waals surface area contributed by atoms with Gasteiger partial charge in [0.1, 0.15) is 6.61 Å². The van der Waals surface area contributed by atoms with Crippen molar-refractivity contribution in [3.8, 4) is 0 Å². The third-order valence-corrected chi connectivity index (χ3v) is 9.90. The molecular formula is C50H86NO7+. The molecule has 0 aromatic heterocycles. The van der Waals surface area contributed by atoms with Crippen LogP contribution in [0.5, 0.6) is 0 Å². The zero-order valence-corrected chi connectivity index (χ0v) is 37.7. The van der Waals surface area contributed by atoms with Crippen LogP contribution in [0.1, 0.15) is 174 Å². The van der Waals surface area contributed by atoms with Gasteiger partial charge in [-0.1, -0.05) is 157 Å². The van der Waals surface area contributed by atoms with Crippen molar-refractivity contribution in [2.24, 2.45) is 0 Å². The van der Waals surface area contributed by atoms with Crippen molar-refractivity contribution < 1.29 is 38.2 Å². The number of carbonyl (C=O) groups is 3. The number of hydrogen-bond acceptors (Lipinski definition) is 6. The van der Waals surface area contributed by atoms with Gasteiger partial charge < -0.3 is 23.8 Å². The number of aliphatic carboxylic acids is 1. The second-order valence-corrected chi connectivity index (χ2v) is 16.3. The van der Waals surface area contributed by atoms with E-state index in [1.807, 2.05) is 21.1 Å². The lowest BCUT2D eigenvalue weighted by molar-refractivity contribution is -0.887. The Morgan fingerprint density at radius 2 is 1.03 bits per heavy atom. The standard InChI is InChI=1S/C50H85NO7/c1-6-8-10-12-14-16-18-20-22-24-25-27-28-30-32-34-36-38-40-48(52)57-45-46(44-56-43-42-47(50(54)55)51(3,4)5)58-49(53)41-39-37-35-33-31-29-26-23-21-19-17-15-13-11-9-7-2/h9,11,15,17-18,20-25,27,46-47H,6-8,10,12-14,16,19,26,28-45H2,1-5H3/p+1/b11-9+,17-15+,20-18+,23-21+,24-22+,27-25+. The van der Waals surface area contributed by atoms with Gasteiger partial charge in [0, 0.05) is 19.3 Å². The van der Waals surface area contributed by atoms with Crippen molar-refractivity contribution in [2.75, 3.05) is 41.0 Å². The maximum atomic E-state index is 12.7. The van der Waals surface area contributed by atoms with Gasteiger partial charge in [0.2, 0.25) is 0 Å². The zero-order chi connectivity index (χ0) is 42.8. The number of allylic oxidation sites excluding steroid dienone is 12. The van der Waals surface area contributed by atoms with Crippen molar-refractivity contribution in [3.05, 3.63) is 72.9 Å². The molecule has 0 amide bonds. The molecule has 0 aromatic carbocycles.